The molecule has 2 atom stereocenters. The Labute approximate surface area is 67.4 Å². The fourth-order valence-electron chi connectivity index (χ4n) is 1.79. The van der Waals surface area contributed by atoms with Crippen LogP contribution in [0.15, 0.2) is 18.3 Å². The van der Waals surface area contributed by atoms with Crippen molar-refractivity contribution in [3.05, 3.63) is 24.0 Å². The Morgan fingerprint density at radius 2 is 2.45 bits per heavy atom. The maximum atomic E-state index is 2.36. The van der Waals surface area contributed by atoms with Crippen molar-refractivity contribution in [1.82, 2.24) is 4.57 Å². The summed E-state index contributed by atoms with van der Waals surface area (Å²) in [5.74, 6) is 0. The van der Waals surface area contributed by atoms with Gasteiger partial charge in [-0.15, -0.1) is 0 Å². The number of hydrogen-bond acceptors (Lipinski definition) is 0. The number of fused-ring (bicyclic) bond motifs is 1. The highest BCUT2D eigenvalue weighted by Gasteiger charge is 2.22. The highest BCUT2D eigenvalue weighted by Crippen LogP contribution is 2.12. The summed E-state index contributed by atoms with van der Waals surface area (Å²) in [6.07, 6.45) is 2.18. The Kier molecular flexibility index (Phi) is 1.50. The van der Waals surface area contributed by atoms with E-state index < -0.39 is 0 Å². The van der Waals surface area contributed by atoms with Crippen molar-refractivity contribution < 1.29 is 4.90 Å². The Bertz CT molecular complexity index is 252. The van der Waals surface area contributed by atoms with Gasteiger partial charge in [0.1, 0.15) is 6.04 Å². The minimum Gasteiger partial charge on any atom is -0.341 e. The van der Waals surface area contributed by atoms with Gasteiger partial charge in [0.25, 0.3) is 0 Å². The molecule has 1 aliphatic rings. The number of nitrogens with zero attached hydrogens (tertiary/aromatic N) is 1. The van der Waals surface area contributed by atoms with Crippen LogP contribution in [0.25, 0.3) is 0 Å². The number of likely N-dealkylation sites (N-methyl/N-ethyl adjacent to an activating group) is 1. The van der Waals surface area contributed by atoms with Crippen LogP contribution in [0.4, 0.5) is 0 Å². The SMILES string of the molecule is C[C@@H]1c2cccn2CC[NH+]1C. The number of aromatic nitrogens is 1. The van der Waals surface area contributed by atoms with E-state index in [0.29, 0.717) is 6.04 Å². The van der Waals surface area contributed by atoms with E-state index in [0.717, 1.165) is 0 Å². The molecule has 0 fully saturated rings. The molecule has 0 aliphatic carbocycles. The molecule has 2 heteroatoms. The van der Waals surface area contributed by atoms with Crippen molar-refractivity contribution in [2.24, 2.45) is 0 Å². The van der Waals surface area contributed by atoms with Gasteiger partial charge in [0, 0.05) is 6.20 Å². The van der Waals surface area contributed by atoms with E-state index in [1.807, 2.05) is 0 Å². The normalized spacial score (nSPS) is 30.0. The zero-order chi connectivity index (χ0) is 7.84. The first-order chi connectivity index (χ1) is 5.29. The smallest absolute Gasteiger partial charge is 0.125 e. The molecule has 1 aliphatic heterocycles. The van der Waals surface area contributed by atoms with E-state index in [-0.39, 0.29) is 0 Å². The molecule has 2 nitrogen and oxygen atoms in total. The van der Waals surface area contributed by atoms with Gasteiger partial charge < -0.3 is 9.47 Å². The van der Waals surface area contributed by atoms with Crippen LogP contribution in [0.1, 0.15) is 18.7 Å². The van der Waals surface area contributed by atoms with Gasteiger partial charge in [0.05, 0.1) is 25.8 Å². The van der Waals surface area contributed by atoms with Crippen LogP contribution in [0.3, 0.4) is 0 Å². The van der Waals surface area contributed by atoms with Gasteiger partial charge in [-0.3, -0.25) is 0 Å². The molecular weight excluding hydrogens is 136 g/mol. The fourth-order valence-corrected chi connectivity index (χ4v) is 1.79. The summed E-state index contributed by atoms with van der Waals surface area (Å²) in [6, 6.07) is 5.04. The lowest BCUT2D eigenvalue weighted by molar-refractivity contribution is -0.914. The van der Waals surface area contributed by atoms with Crippen LogP contribution in [0.5, 0.6) is 0 Å². The van der Waals surface area contributed by atoms with Crippen molar-refractivity contribution in [2.75, 3.05) is 13.6 Å². The van der Waals surface area contributed by atoms with Gasteiger partial charge in [-0.25, -0.2) is 0 Å². The van der Waals surface area contributed by atoms with Crippen molar-refractivity contribution >= 4 is 0 Å². The number of quaternary nitrogens is 1. The third-order valence-electron chi connectivity index (χ3n) is 2.79. The van der Waals surface area contributed by atoms with Gasteiger partial charge in [0.15, 0.2) is 0 Å². The molecule has 0 bridgehead atoms. The molecule has 2 heterocycles. The van der Waals surface area contributed by atoms with Gasteiger partial charge in [-0.1, -0.05) is 0 Å². The van der Waals surface area contributed by atoms with Crippen LogP contribution >= 0.6 is 0 Å². The average molecular weight is 151 g/mol. The quantitative estimate of drug-likeness (QED) is 0.538. The first-order valence-corrected chi connectivity index (χ1v) is 4.26. The van der Waals surface area contributed by atoms with E-state index in [1.54, 1.807) is 4.90 Å². The molecule has 60 valence electrons. The molecular formula is C9H15N2+. The molecule has 11 heavy (non-hydrogen) atoms. The summed E-state index contributed by atoms with van der Waals surface area (Å²) < 4.78 is 2.36. The van der Waals surface area contributed by atoms with Crippen LogP contribution in [0, 0.1) is 0 Å². The van der Waals surface area contributed by atoms with Crippen LogP contribution in [-0.2, 0) is 6.54 Å². The highest BCUT2D eigenvalue weighted by atomic mass is 15.2. The number of hydrogen-bond donors (Lipinski definition) is 1. The van der Waals surface area contributed by atoms with E-state index >= 15 is 0 Å². The summed E-state index contributed by atoms with van der Waals surface area (Å²) in [5, 5.41) is 0. The topological polar surface area (TPSA) is 9.37 Å². The van der Waals surface area contributed by atoms with Gasteiger partial charge in [0.2, 0.25) is 0 Å². The summed E-state index contributed by atoms with van der Waals surface area (Å²) in [4.78, 5) is 1.62. The molecule has 1 unspecified atom stereocenters. The Morgan fingerprint density at radius 1 is 1.64 bits per heavy atom. The maximum Gasteiger partial charge on any atom is 0.125 e. The molecule has 0 radical (unpaired) electrons. The van der Waals surface area contributed by atoms with Crippen molar-refractivity contribution in [3.8, 4) is 0 Å². The highest BCUT2D eigenvalue weighted by molar-refractivity contribution is 5.10. The van der Waals surface area contributed by atoms with E-state index in [1.165, 1.54) is 18.8 Å². The minimum atomic E-state index is 0.666. The molecule has 1 aromatic heterocycles. The monoisotopic (exact) mass is 151 g/mol. The largest absolute Gasteiger partial charge is 0.341 e. The zero-order valence-corrected chi connectivity index (χ0v) is 7.17. The predicted octanol–water partition coefficient (Wildman–Crippen LogP) is 0.0774. The number of nitrogens with one attached hydrogen (secondary N) is 1. The third kappa shape index (κ3) is 0.979. The van der Waals surface area contributed by atoms with Crippen molar-refractivity contribution in [3.63, 3.8) is 0 Å². The molecule has 1 aromatic rings. The van der Waals surface area contributed by atoms with E-state index in [9.17, 15) is 0 Å². The number of rotatable bonds is 0. The van der Waals surface area contributed by atoms with Crippen LogP contribution in [0.2, 0.25) is 0 Å². The zero-order valence-electron chi connectivity index (χ0n) is 7.17. The molecule has 0 aromatic carbocycles. The second kappa shape index (κ2) is 2.38. The standard InChI is InChI=1S/C9H14N2/c1-8-9-4-3-5-11(9)7-6-10(8)2/h3-5,8H,6-7H2,1-2H3/p+1/t8-/m1/s1. The average Bonchev–Trinajstić information content (AvgIpc) is 2.45. The summed E-state index contributed by atoms with van der Waals surface area (Å²) >= 11 is 0. The summed E-state index contributed by atoms with van der Waals surface area (Å²) in [7, 11) is 2.27. The van der Waals surface area contributed by atoms with Gasteiger partial charge in [-0.2, -0.15) is 0 Å². The molecule has 1 N–H and O–H groups in total. The Balaban J connectivity index is 2.38. The Morgan fingerprint density at radius 3 is 3.27 bits per heavy atom. The minimum absolute atomic E-state index is 0.666. The Hall–Kier alpha value is -0.760. The first-order valence-electron chi connectivity index (χ1n) is 4.26. The molecule has 2 rings (SSSR count). The molecule has 0 amide bonds. The maximum absolute atomic E-state index is 2.36. The lowest BCUT2D eigenvalue weighted by Gasteiger charge is -2.28. The lowest BCUT2D eigenvalue weighted by atomic mass is 10.2. The van der Waals surface area contributed by atoms with Crippen molar-refractivity contribution in [1.29, 1.82) is 0 Å². The second-order valence-electron chi connectivity index (χ2n) is 3.44. The molecule has 0 saturated heterocycles. The van der Waals surface area contributed by atoms with Crippen LogP contribution in [-0.4, -0.2) is 18.2 Å². The van der Waals surface area contributed by atoms with Gasteiger partial charge >= 0.3 is 0 Å². The third-order valence-corrected chi connectivity index (χ3v) is 2.79. The van der Waals surface area contributed by atoms with E-state index in [4.69, 9.17) is 0 Å². The van der Waals surface area contributed by atoms with Crippen LogP contribution < -0.4 is 4.90 Å². The van der Waals surface area contributed by atoms with Gasteiger partial charge in [-0.05, 0) is 19.1 Å². The molecule has 0 saturated carbocycles. The van der Waals surface area contributed by atoms with Crippen molar-refractivity contribution in [2.45, 2.75) is 19.5 Å². The fraction of sp³-hybridized carbons (Fsp3) is 0.556. The summed E-state index contributed by atoms with van der Waals surface area (Å²) in [5.41, 5.74) is 1.48. The summed E-state index contributed by atoms with van der Waals surface area (Å²) in [6.45, 7) is 4.72. The second-order valence-corrected chi connectivity index (χ2v) is 3.44. The van der Waals surface area contributed by atoms with E-state index in [2.05, 4.69) is 36.9 Å². The molecule has 0 spiro atoms. The predicted molar refractivity (Wildman–Crippen MR) is 44.6 cm³/mol. The lowest BCUT2D eigenvalue weighted by Crippen LogP contribution is -3.10. The first kappa shape index (κ1) is 6.92.